The third-order valence-corrected chi connectivity index (χ3v) is 5.33. The van der Waals surface area contributed by atoms with Gasteiger partial charge in [0.15, 0.2) is 11.8 Å². The molecule has 2 atom stereocenters. The second-order valence-electron chi connectivity index (χ2n) is 7.75. The predicted molar refractivity (Wildman–Crippen MR) is 116 cm³/mol. The summed E-state index contributed by atoms with van der Waals surface area (Å²) in [4.78, 5) is 49.8. The van der Waals surface area contributed by atoms with Crippen molar-refractivity contribution in [3.63, 3.8) is 0 Å². The third kappa shape index (κ3) is 6.31. The summed E-state index contributed by atoms with van der Waals surface area (Å²) < 4.78 is 0. The van der Waals surface area contributed by atoms with Crippen LogP contribution in [0, 0.1) is 6.92 Å². The number of aryl methyl sites for hydroxylation is 1. The maximum absolute atomic E-state index is 12.6. The van der Waals surface area contributed by atoms with Crippen LogP contribution >= 0.6 is 0 Å². The van der Waals surface area contributed by atoms with Gasteiger partial charge in [0.1, 0.15) is 0 Å². The smallest absolute Gasteiger partial charge is 0.550 e. The Balaban J connectivity index is 0.00000385. The second-order valence-corrected chi connectivity index (χ2v) is 7.75. The number of benzene rings is 2. The molecule has 0 radical (unpaired) electrons. The SMILES string of the molecule is CC1=CN(C)C(=O)C(NC(=O)N[C@@H](CC(=O)[O-])c2cccc(-c3ccccc3C)c2)C1=O.[Na+]. The summed E-state index contributed by atoms with van der Waals surface area (Å²) in [6, 6.07) is 11.8. The van der Waals surface area contributed by atoms with Crippen molar-refractivity contribution in [2.75, 3.05) is 7.05 Å². The number of carboxylic acids is 1. The number of Topliss-reactive ketones (excluding diaryl/α,β-unsaturated/α-hetero) is 1. The number of ketones is 1. The number of rotatable bonds is 6. The van der Waals surface area contributed by atoms with E-state index in [0.29, 0.717) is 11.1 Å². The van der Waals surface area contributed by atoms with Crippen LogP contribution in [-0.2, 0) is 14.4 Å². The molecular formula is C24H24N3NaO5. The molecule has 0 aliphatic carbocycles. The Labute approximate surface area is 214 Å². The molecule has 9 heteroatoms. The van der Waals surface area contributed by atoms with Crippen LogP contribution in [0.1, 0.15) is 30.5 Å². The molecule has 33 heavy (non-hydrogen) atoms. The molecule has 0 aromatic heterocycles. The first-order valence-corrected chi connectivity index (χ1v) is 10.1. The Bertz CT molecular complexity index is 1110. The molecule has 0 spiro atoms. The van der Waals surface area contributed by atoms with Crippen molar-refractivity contribution in [1.29, 1.82) is 0 Å². The van der Waals surface area contributed by atoms with E-state index in [1.54, 1.807) is 25.1 Å². The number of nitrogens with one attached hydrogen (secondary N) is 2. The van der Waals surface area contributed by atoms with Gasteiger partial charge in [0, 0.05) is 31.2 Å². The quantitative estimate of drug-likeness (QED) is 0.403. The Morgan fingerprint density at radius 3 is 2.45 bits per heavy atom. The Morgan fingerprint density at radius 2 is 1.79 bits per heavy atom. The van der Waals surface area contributed by atoms with Crippen molar-refractivity contribution >= 4 is 23.7 Å². The molecule has 1 unspecified atom stereocenters. The number of amides is 3. The number of urea groups is 1. The molecule has 166 valence electrons. The molecule has 0 saturated heterocycles. The van der Waals surface area contributed by atoms with Gasteiger partial charge in [-0.15, -0.1) is 0 Å². The summed E-state index contributed by atoms with van der Waals surface area (Å²) >= 11 is 0. The molecule has 0 bridgehead atoms. The average molecular weight is 457 g/mol. The average Bonchev–Trinajstić information content (AvgIpc) is 2.75. The number of carbonyl (C=O) groups is 4. The van der Waals surface area contributed by atoms with E-state index in [9.17, 15) is 24.3 Å². The van der Waals surface area contributed by atoms with Crippen LogP contribution in [0.15, 0.2) is 60.3 Å². The van der Waals surface area contributed by atoms with Crippen LogP contribution in [0.5, 0.6) is 0 Å². The zero-order chi connectivity index (χ0) is 23.4. The standard InChI is InChI=1S/C24H25N3O5.Na/c1-14-7-4-5-10-18(14)16-8-6-9-17(11-16)19(12-20(28)29)25-24(32)26-21-22(30)15(2)13-27(3)23(21)31;/h4-11,13,19,21H,12H2,1-3H3,(H,28,29)(H2,25,26,32);/q;+1/p-1/t19-,21?;/m0./s1. The molecule has 2 aromatic carbocycles. The van der Waals surface area contributed by atoms with Crippen molar-refractivity contribution in [3.05, 3.63) is 71.4 Å². The molecule has 3 rings (SSSR count). The van der Waals surface area contributed by atoms with E-state index in [-0.39, 0.29) is 29.6 Å². The van der Waals surface area contributed by atoms with Gasteiger partial charge in [0.2, 0.25) is 0 Å². The number of nitrogens with zero attached hydrogens (tertiary/aromatic N) is 1. The first-order chi connectivity index (χ1) is 15.2. The fourth-order valence-electron chi connectivity index (χ4n) is 3.66. The fourth-order valence-corrected chi connectivity index (χ4v) is 3.66. The van der Waals surface area contributed by atoms with Crippen molar-refractivity contribution < 1.29 is 53.8 Å². The van der Waals surface area contributed by atoms with Gasteiger partial charge in [-0.25, -0.2) is 4.79 Å². The first kappa shape index (κ1) is 26.3. The molecular weight excluding hydrogens is 433 g/mol. The molecule has 2 aromatic rings. The fraction of sp³-hybridized carbons (Fsp3) is 0.250. The van der Waals surface area contributed by atoms with Gasteiger partial charge < -0.3 is 25.4 Å². The monoisotopic (exact) mass is 457 g/mol. The van der Waals surface area contributed by atoms with Crippen LogP contribution in [0.25, 0.3) is 11.1 Å². The van der Waals surface area contributed by atoms with Gasteiger partial charge in [0.25, 0.3) is 5.91 Å². The van der Waals surface area contributed by atoms with Crippen molar-refractivity contribution in [2.45, 2.75) is 32.4 Å². The summed E-state index contributed by atoms with van der Waals surface area (Å²) in [5, 5.41) is 16.3. The van der Waals surface area contributed by atoms with Gasteiger partial charge in [-0.05, 0) is 42.2 Å². The minimum absolute atomic E-state index is 0. The van der Waals surface area contributed by atoms with Gasteiger partial charge in [-0.2, -0.15) is 0 Å². The largest absolute Gasteiger partial charge is 1.00 e. The summed E-state index contributed by atoms with van der Waals surface area (Å²) in [7, 11) is 1.49. The zero-order valence-electron chi connectivity index (χ0n) is 19.0. The van der Waals surface area contributed by atoms with E-state index in [0.717, 1.165) is 16.7 Å². The molecule has 2 N–H and O–H groups in total. The van der Waals surface area contributed by atoms with E-state index in [1.807, 2.05) is 37.3 Å². The molecule has 0 saturated carbocycles. The van der Waals surface area contributed by atoms with Crippen molar-refractivity contribution in [1.82, 2.24) is 15.5 Å². The van der Waals surface area contributed by atoms with Gasteiger partial charge in [0.05, 0.1) is 6.04 Å². The Morgan fingerprint density at radius 1 is 1.09 bits per heavy atom. The number of hydrogen-bond donors (Lipinski definition) is 2. The maximum Gasteiger partial charge on any atom is 1.00 e. The summed E-state index contributed by atoms with van der Waals surface area (Å²) in [6.45, 7) is 3.52. The summed E-state index contributed by atoms with van der Waals surface area (Å²) in [5.74, 6) is -2.44. The van der Waals surface area contributed by atoms with Gasteiger partial charge >= 0.3 is 35.6 Å². The van der Waals surface area contributed by atoms with Crippen LogP contribution in [0.4, 0.5) is 4.79 Å². The van der Waals surface area contributed by atoms with E-state index in [1.165, 1.54) is 18.1 Å². The molecule has 1 heterocycles. The number of likely N-dealkylation sites (N-methyl/N-ethyl adjacent to an activating group) is 1. The molecule has 1 aliphatic heterocycles. The molecule has 3 amide bonds. The van der Waals surface area contributed by atoms with Crippen LogP contribution in [-0.4, -0.2) is 41.7 Å². The summed E-state index contributed by atoms with van der Waals surface area (Å²) in [5.41, 5.74) is 3.78. The zero-order valence-corrected chi connectivity index (χ0v) is 21.0. The number of carboxylic acid groups (broad SMARTS) is 1. The predicted octanol–water partition coefficient (Wildman–Crippen LogP) is -1.54. The number of aliphatic carboxylic acids is 1. The van der Waals surface area contributed by atoms with Crippen LogP contribution < -0.4 is 45.3 Å². The Kier molecular flexibility index (Phi) is 8.99. The number of carbonyl (C=O) groups excluding carboxylic acids is 4. The second kappa shape index (κ2) is 11.3. The van der Waals surface area contributed by atoms with Gasteiger partial charge in [-0.3, -0.25) is 9.59 Å². The minimum Gasteiger partial charge on any atom is -0.550 e. The van der Waals surface area contributed by atoms with E-state index >= 15 is 0 Å². The van der Waals surface area contributed by atoms with Crippen molar-refractivity contribution in [3.8, 4) is 11.1 Å². The van der Waals surface area contributed by atoms with Gasteiger partial charge in [-0.1, -0.05) is 42.5 Å². The van der Waals surface area contributed by atoms with E-state index in [2.05, 4.69) is 10.6 Å². The first-order valence-electron chi connectivity index (χ1n) is 10.1. The molecule has 0 fully saturated rings. The van der Waals surface area contributed by atoms with Crippen LogP contribution in [0.2, 0.25) is 0 Å². The maximum atomic E-state index is 12.6. The molecule has 1 aliphatic rings. The summed E-state index contributed by atoms with van der Waals surface area (Å²) in [6.07, 6.45) is 0.923. The van der Waals surface area contributed by atoms with E-state index < -0.39 is 42.2 Å². The third-order valence-electron chi connectivity index (χ3n) is 5.33. The van der Waals surface area contributed by atoms with Crippen LogP contribution in [0.3, 0.4) is 0 Å². The normalized spacial score (nSPS) is 16.4. The van der Waals surface area contributed by atoms with E-state index in [4.69, 9.17) is 0 Å². The van der Waals surface area contributed by atoms with Crippen molar-refractivity contribution in [2.24, 2.45) is 0 Å². The minimum atomic E-state index is -1.37. The number of hydrogen-bond acceptors (Lipinski definition) is 5. The molecule has 8 nitrogen and oxygen atoms in total. The topological polar surface area (TPSA) is 119 Å². The Hall–Kier alpha value is -2.94.